The summed E-state index contributed by atoms with van der Waals surface area (Å²) in [6, 6.07) is 0. The second-order valence-electron chi connectivity index (χ2n) is 5.84. The van der Waals surface area contributed by atoms with E-state index in [1.54, 1.807) is 13.0 Å². The van der Waals surface area contributed by atoms with Crippen molar-refractivity contribution in [2.45, 2.75) is 39.7 Å². The number of carbonyl (C=O) groups is 1. The highest BCUT2D eigenvalue weighted by Gasteiger charge is 2.61. The molecule has 6 heteroatoms. The Bertz CT molecular complexity index is 529. The molecule has 0 aliphatic heterocycles. The fraction of sp³-hybridized carbons (Fsp3) is 0.562. The first-order chi connectivity index (χ1) is 10.1. The molecule has 1 aliphatic rings. The van der Waals surface area contributed by atoms with Gasteiger partial charge in [0.15, 0.2) is 6.10 Å². The molecule has 1 aliphatic carbocycles. The van der Waals surface area contributed by atoms with E-state index in [1.165, 1.54) is 6.08 Å². The van der Waals surface area contributed by atoms with Crippen LogP contribution in [0.3, 0.4) is 0 Å². The summed E-state index contributed by atoms with van der Waals surface area (Å²) in [6.45, 7) is 5.34. The lowest BCUT2D eigenvalue weighted by Crippen LogP contribution is -2.20. The summed E-state index contributed by atoms with van der Waals surface area (Å²) in [5.74, 6) is 1.29. The van der Waals surface area contributed by atoms with E-state index < -0.39 is 30.8 Å². The molecule has 0 N–H and O–H groups in total. The lowest BCUT2D eigenvalue weighted by molar-refractivity contribution is -0.147. The maximum atomic E-state index is 12.2. The van der Waals surface area contributed by atoms with Gasteiger partial charge in [0, 0.05) is 6.42 Å². The van der Waals surface area contributed by atoms with Crippen LogP contribution < -0.4 is 0 Å². The van der Waals surface area contributed by atoms with Crippen LogP contribution in [0.25, 0.3) is 0 Å². The smallest absolute Gasteiger partial charge is 0.311 e. The van der Waals surface area contributed by atoms with Crippen LogP contribution in [0.15, 0.2) is 22.2 Å². The van der Waals surface area contributed by atoms with Crippen molar-refractivity contribution in [2.75, 3.05) is 0 Å². The van der Waals surface area contributed by atoms with Gasteiger partial charge < -0.3 is 4.74 Å². The summed E-state index contributed by atoms with van der Waals surface area (Å²) in [6.07, 6.45) is 4.37. The van der Waals surface area contributed by atoms with Crippen LogP contribution >= 0.6 is 23.2 Å². The van der Waals surface area contributed by atoms with E-state index in [-0.39, 0.29) is 15.8 Å². The van der Waals surface area contributed by atoms with E-state index in [1.807, 2.05) is 13.8 Å². The molecule has 0 amide bonds. The summed E-state index contributed by atoms with van der Waals surface area (Å²) in [4.78, 5) is 12.2. The average Bonchev–Trinajstić information content (AvgIpc) is 2.93. The fourth-order valence-corrected chi connectivity index (χ4v) is 2.68. The highest BCUT2D eigenvalue weighted by Crippen LogP contribution is 2.60. The van der Waals surface area contributed by atoms with E-state index in [2.05, 4.69) is 5.92 Å². The summed E-state index contributed by atoms with van der Waals surface area (Å²) in [5, 5.41) is 0. The van der Waals surface area contributed by atoms with E-state index in [9.17, 15) is 13.6 Å². The van der Waals surface area contributed by atoms with Crippen molar-refractivity contribution >= 4 is 29.2 Å². The molecule has 2 nitrogen and oxygen atoms in total. The molecule has 0 bridgehead atoms. The van der Waals surface area contributed by atoms with Crippen LogP contribution in [0.5, 0.6) is 0 Å². The van der Waals surface area contributed by atoms with Gasteiger partial charge in [-0.05, 0) is 29.9 Å². The molecule has 22 heavy (non-hydrogen) atoms. The van der Waals surface area contributed by atoms with Crippen molar-refractivity contribution < 1.29 is 18.3 Å². The first kappa shape index (κ1) is 19.0. The minimum atomic E-state index is -2.47. The highest BCUT2D eigenvalue weighted by molar-refractivity contribution is 6.55. The minimum absolute atomic E-state index is 0.0925. The molecule has 1 rings (SSSR count). The van der Waals surface area contributed by atoms with Crippen LogP contribution in [-0.4, -0.2) is 18.5 Å². The predicted molar refractivity (Wildman–Crippen MR) is 83.6 cm³/mol. The second-order valence-corrected chi connectivity index (χ2v) is 6.85. The molecule has 0 heterocycles. The molecule has 0 aromatic rings. The third-order valence-corrected chi connectivity index (χ3v) is 4.14. The molecule has 0 aromatic carbocycles. The number of hydrogen-bond donors (Lipinski definition) is 0. The number of rotatable bonds is 6. The van der Waals surface area contributed by atoms with Gasteiger partial charge in [0.1, 0.15) is 4.49 Å². The molecule has 3 unspecified atom stereocenters. The first-order valence-electron chi connectivity index (χ1n) is 6.75. The Hall–Kier alpha value is -1.05. The van der Waals surface area contributed by atoms with Crippen molar-refractivity contribution in [3.05, 3.63) is 22.2 Å². The molecule has 0 aromatic heterocycles. The van der Waals surface area contributed by atoms with Crippen molar-refractivity contribution in [1.82, 2.24) is 0 Å². The lowest BCUT2D eigenvalue weighted by atomic mass is 10.1. The van der Waals surface area contributed by atoms with Crippen molar-refractivity contribution in [1.29, 1.82) is 0 Å². The van der Waals surface area contributed by atoms with E-state index in [0.29, 0.717) is 5.57 Å². The Labute approximate surface area is 139 Å². The van der Waals surface area contributed by atoms with Gasteiger partial charge in [-0.2, -0.15) is 0 Å². The zero-order valence-corrected chi connectivity index (χ0v) is 14.1. The molecule has 122 valence electrons. The Balaban J connectivity index is 2.73. The van der Waals surface area contributed by atoms with Gasteiger partial charge in [0.25, 0.3) is 0 Å². The Morgan fingerprint density at radius 1 is 1.45 bits per heavy atom. The summed E-state index contributed by atoms with van der Waals surface area (Å²) in [7, 11) is 0. The number of carbonyl (C=O) groups excluding carboxylic acids is 1. The summed E-state index contributed by atoms with van der Waals surface area (Å²) in [5.41, 5.74) is 0.0864. The average molecular weight is 351 g/mol. The third kappa shape index (κ3) is 4.72. The van der Waals surface area contributed by atoms with Gasteiger partial charge in [0.2, 0.25) is 6.43 Å². The van der Waals surface area contributed by atoms with Crippen molar-refractivity contribution in [3.8, 4) is 12.3 Å². The second kappa shape index (κ2) is 7.48. The Morgan fingerprint density at radius 3 is 2.50 bits per heavy atom. The van der Waals surface area contributed by atoms with Crippen LogP contribution in [0.1, 0.15) is 27.2 Å². The van der Waals surface area contributed by atoms with Crippen LogP contribution in [0.2, 0.25) is 0 Å². The predicted octanol–water partition coefficient (Wildman–Crippen LogP) is 4.72. The molecule has 0 saturated heterocycles. The van der Waals surface area contributed by atoms with Crippen LogP contribution in [-0.2, 0) is 9.53 Å². The first-order valence-corrected chi connectivity index (χ1v) is 7.51. The largest absolute Gasteiger partial charge is 0.444 e. The molecule has 0 spiro atoms. The lowest BCUT2D eigenvalue weighted by Gasteiger charge is -2.14. The Kier molecular flexibility index (Phi) is 6.46. The summed E-state index contributed by atoms with van der Waals surface area (Å²) >= 11 is 11.3. The van der Waals surface area contributed by atoms with E-state index >= 15 is 0 Å². The Morgan fingerprint density at radius 2 is 2.05 bits per heavy atom. The number of terminal acetylenes is 1. The van der Waals surface area contributed by atoms with Crippen LogP contribution in [0.4, 0.5) is 8.78 Å². The van der Waals surface area contributed by atoms with Gasteiger partial charge in [-0.1, -0.05) is 49.0 Å². The molecule has 1 fully saturated rings. The standard InChI is InChI=1S/C16H18Cl2F2O2/c1-5-11(9(2)6-7-13(19)20)22-15(21)14-10(8-12(17)18)16(14,3)4/h1,6,8,10-11,13-14H,7H2,2-4H3. The highest BCUT2D eigenvalue weighted by atomic mass is 35.5. The topological polar surface area (TPSA) is 26.3 Å². The molecule has 3 atom stereocenters. The van der Waals surface area contributed by atoms with Crippen molar-refractivity contribution in [3.63, 3.8) is 0 Å². The van der Waals surface area contributed by atoms with Gasteiger partial charge in [-0.3, -0.25) is 4.79 Å². The normalized spacial score (nSPS) is 24.4. The van der Waals surface area contributed by atoms with Crippen molar-refractivity contribution in [2.24, 2.45) is 17.3 Å². The SMILES string of the molecule is C#CC(OC(=O)C1C(C=C(Cl)Cl)C1(C)C)C(C)=CCC(F)F. The van der Waals surface area contributed by atoms with Crippen LogP contribution in [0, 0.1) is 29.6 Å². The number of alkyl halides is 2. The number of esters is 1. The number of ether oxygens (including phenoxy) is 1. The third-order valence-electron chi connectivity index (χ3n) is 3.89. The minimum Gasteiger partial charge on any atom is -0.444 e. The molecule has 1 saturated carbocycles. The summed E-state index contributed by atoms with van der Waals surface area (Å²) < 4.78 is 29.8. The quantitative estimate of drug-likeness (QED) is 0.393. The van der Waals surface area contributed by atoms with Gasteiger partial charge in [-0.25, -0.2) is 8.78 Å². The van der Waals surface area contributed by atoms with Gasteiger partial charge in [-0.15, -0.1) is 6.42 Å². The van der Waals surface area contributed by atoms with Gasteiger partial charge >= 0.3 is 5.97 Å². The number of hydrogen-bond acceptors (Lipinski definition) is 2. The zero-order valence-electron chi connectivity index (χ0n) is 12.6. The molecular weight excluding hydrogens is 333 g/mol. The zero-order chi connectivity index (χ0) is 17.1. The van der Waals surface area contributed by atoms with Gasteiger partial charge in [0.05, 0.1) is 5.92 Å². The number of allylic oxidation sites excluding steroid dienone is 2. The maximum absolute atomic E-state index is 12.2. The monoisotopic (exact) mass is 350 g/mol. The number of halogens is 4. The van der Waals surface area contributed by atoms with E-state index in [0.717, 1.165) is 0 Å². The fourth-order valence-electron chi connectivity index (χ4n) is 2.40. The van der Waals surface area contributed by atoms with E-state index in [4.69, 9.17) is 34.4 Å². The molecule has 0 radical (unpaired) electrons. The molecular formula is C16H18Cl2F2O2. The maximum Gasteiger partial charge on any atom is 0.311 e.